The minimum Gasteiger partial charge on any atom is -0.465 e. The van der Waals surface area contributed by atoms with Crippen molar-refractivity contribution in [1.29, 1.82) is 0 Å². The molecule has 0 aromatic carbocycles. The molecule has 14 heavy (non-hydrogen) atoms. The number of pyridine rings is 1. The molecule has 1 aliphatic rings. The van der Waals surface area contributed by atoms with Gasteiger partial charge in [-0.25, -0.2) is 4.79 Å². The molecule has 1 atom stereocenters. The Morgan fingerprint density at radius 1 is 1.71 bits per heavy atom. The summed E-state index contributed by atoms with van der Waals surface area (Å²) in [4.78, 5) is 15.4. The zero-order valence-corrected chi connectivity index (χ0v) is 7.99. The summed E-state index contributed by atoms with van der Waals surface area (Å²) < 4.78 is 4.70. The summed E-state index contributed by atoms with van der Waals surface area (Å²) in [5.74, 6) is -0.295. The Morgan fingerprint density at radius 2 is 2.50 bits per heavy atom. The average molecular weight is 192 g/mol. The molecule has 2 heterocycles. The molecule has 1 N–H and O–H groups in total. The molecule has 0 saturated carbocycles. The first kappa shape index (κ1) is 9.15. The Morgan fingerprint density at radius 3 is 3.07 bits per heavy atom. The van der Waals surface area contributed by atoms with Gasteiger partial charge >= 0.3 is 5.97 Å². The second-order valence-corrected chi connectivity index (χ2v) is 3.25. The van der Waals surface area contributed by atoms with E-state index in [1.807, 2.05) is 0 Å². The van der Waals surface area contributed by atoms with Crippen LogP contribution in [-0.2, 0) is 4.74 Å². The topological polar surface area (TPSA) is 51.2 Å². The molecular weight excluding hydrogens is 180 g/mol. The highest BCUT2D eigenvalue weighted by atomic mass is 16.5. The molecule has 0 aliphatic carbocycles. The maximum absolute atomic E-state index is 11.4. The summed E-state index contributed by atoms with van der Waals surface area (Å²) in [5, 5.41) is 3.23. The number of ether oxygens (including phenoxy) is 1. The van der Waals surface area contributed by atoms with Crippen LogP contribution in [-0.4, -0.2) is 24.6 Å². The van der Waals surface area contributed by atoms with E-state index in [0.717, 1.165) is 18.5 Å². The summed E-state index contributed by atoms with van der Waals surface area (Å²) in [6, 6.07) is 1.96. The van der Waals surface area contributed by atoms with Crippen molar-refractivity contribution >= 4 is 5.97 Å². The van der Waals surface area contributed by atoms with E-state index in [-0.39, 0.29) is 12.0 Å². The van der Waals surface area contributed by atoms with Gasteiger partial charge in [0.25, 0.3) is 0 Å². The van der Waals surface area contributed by atoms with Crippen LogP contribution in [0.5, 0.6) is 0 Å². The third-order valence-electron chi connectivity index (χ3n) is 2.46. The molecule has 1 aromatic rings. The number of esters is 1. The third-order valence-corrected chi connectivity index (χ3v) is 2.46. The van der Waals surface area contributed by atoms with Crippen LogP contribution in [0.4, 0.5) is 0 Å². The lowest BCUT2D eigenvalue weighted by Gasteiger charge is -2.28. The van der Waals surface area contributed by atoms with E-state index in [2.05, 4.69) is 10.3 Å². The molecule has 0 unspecified atom stereocenters. The first-order valence-corrected chi connectivity index (χ1v) is 4.58. The van der Waals surface area contributed by atoms with Gasteiger partial charge in [0, 0.05) is 24.0 Å². The number of methoxy groups -OCH3 is 1. The maximum Gasteiger partial charge on any atom is 0.338 e. The monoisotopic (exact) mass is 192 g/mol. The molecule has 4 heteroatoms. The molecule has 0 amide bonds. The van der Waals surface area contributed by atoms with Crippen molar-refractivity contribution in [2.75, 3.05) is 13.7 Å². The van der Waals surface area contributed by atoms with Crippen molar-refractivity contribution in [3.63, 3.8) is 0 Å². The van der Waals surface area contributed by atoms with Crippen molar-refractivity contribution in [3.05, 3.63) is 29.6 Å². The average Bonchev–Trinajstić information content (AvgIpc) is 2.15. The lowest BCUT2D eigenvalue weighted by Crippen LogP contribution is -2.36. The number of aromatic nitrogens is 1. The Kier molecular flexibility index (Phi) is 2.45. The fraction of sp³-hybridized carbons (Fsp3) is 0.400. The number of hydrogen-bond acceptors (Lipinski definition) is 4. The molecule has 0 spiro atoms. The van der Waals surface area contributed by atoms with Gasteiger partial charge in [-0.15, -0.1) is 0 Å². The Balaban J connectivity index is 2.32. The van der Waals surface area contributed by atoms with E-state index in [1.54, 1.807) is 18.5 Å². The van der Waals surface area contributed by atoms with Crippen LogP contribution in [0.3, 0.4) is 0 Å². The van der Waals surface area contributed by atoms with Crippen LogP contribution in [0.2, 0.25) is 0 Å². The van der Waals surface area contributed by atoms with E-state index in [4.69, 9.17) is 4.74 Å². The highest BCUT2D eigenvalue weighted by molar-refractivity contribution is 5.91. The number of nitrogens with zero attached hydrogens (tertiary/aromatic N) is 1. The summed E-state index contributed by atoms with van der Waals surface area (Å²) in [5.41, 5.74) is 1.55. The fourth-order valence-corrected chi connectivity index (χ4v) is 1.53. The zero-order valence-electron chi connectivity index (χ0n) is 7.99. The number of nitrogens with one attached hydrogen (secondary N) is 1. The SMILES string of the molecule is COC(=O)c1ccncc1[C@@H]1CCN1. The van der Waals surface area contributed by atoms with Gasteiger partial charge < -0.3 is 10.1 Å². The first-order valence-electron chi connectivity index (χ1n) is 4.58. The molecule has 4 nitrogen and oxygen atoms in total. The van der Waals surface area contributed by atoms with Crippen molar-refractivity contribution in [1.82, 2.24) is 10.3 Å². The highest BCUT2D eigenvalue weighted by Gasteiger charge is 2.24. The van der Waals surface area contributed by atoms with E-state index in [0.29, 0.717) is 5.56 Å². The molecule has 1 fully saturated rings. The van der Waals surface area contributed by atoms with Crippen LogP contribution in [0.1, 0.15) is 28.4 Å². The largest absolute Gasteiger partial charge is 0.465 e. The lowest BCUT2D eigenvalue weighted by atomic mass is 9.95. The van der Waals surface area contributed by atoms with Crippen molar-refractivity contribution < 1.29 is 9.53 Å². The second-order valence-electron chi connectivity index (χ2n) is 3.25. The van der Waals surface area contributed by atoms with E-state index in [9.17, 15) is 4.79 Å². The standard InChI is InChI=1S/C10H12N2O2/c1-14-10(13)7-2-4-11-6-8(7)9-3-5-12-9/h2,4,6,9,12H,3,5H2,1H3/t9-/m0/s1. The maximum atomic E-state index is 11.4. The number of rotatable bonds is 2. The predicted octanol–water partition coefficient (Wildman–Crippen LogP) is 0.903. The van der Waals surface area contributed by atoms with Gasteiger partial charge in [-0.1, -0.05) is 0 Å². The van der Waals surface area contributed by atoms with Gasteiger partial charge in [0.15, 0.2) is 0 Å². The Labute approximate surface area is 82.3 Å². The normalized spacial score (nSPS) is 19.9. The second kappa shape index (κ2) is 3.75. The van der Waals surface area contributed by atoms with E-state index in [1.165, 1.54) is 7.11 Å². The first-order chi connectivity index (χ1) is 6.83. The van der Waals surface area contributed by atoms with E-state index >= 15 is 0 Å². The quantitative estimate of drug-likeness (QED) is 0.707. The van der Waals surface area contributed by atoms with Crippen molar-refractivity contribution in [2.24, 2.45) is 0 Å². The lowest BCUT2D eigenvalue weighted by molar-refractivity contribution is 0.0597. The van der Waals surface area contributed by atoms with Crippen LogP contribution < -0.4 is 5.32 Å². The van der Waals surface area contributed by atoms with Crippen LogP contribution in [0.25, 0.3) is 0 Å². The molecule has 1 saturated heterocycles. The van der Waals surface area contributed by atoms with Crippen molar-refractivity contribution in [2.45, 2.75) is 12.5 Å². The van der Waals surface area contributed by atoms with Gasteiger partial charge in [0.2, 0.25) is 0 Å². The molecule has 2 rings (SSSR count). The molecule has 0 radical (unpaired) electrons. The summed E-state index contributed by atoms with van der Waals surface area (Å²) in [6.45, 7) is 1.00. The number of carbonyl (C=O) groups is 1. The number of hydrogen-bond donors (Lipinski definition) is 1. The molecule has 0 bridgehead atoms. The van der Waals surface area contributed by atoms with Gasteiger partial charge in [-0.3, -0.25) is 4.98 Å². The smallest absolute Gasteiger partial charge is 0.338 e. The minimum absolute atomic E-state index is 0.262. The zero-order chi connectivity index (χ0) is 9.97. The Bertz CT molecular complexity index is 348. The van der Waals surface area contributed by atoms with Crippen molar-refractivity contribution in [3.8, 4) is 0 Å². The highest BCUT2D eigenvalue weighted by Crippen LogP contribution is 2.25. The molecule has 1 aromatic heterocycles. The minimum atomic E-state index is -0.295. The molecule has 74 valence electrons. The predicted molar refractivity (Wildman–Crippen MR) is 50.9 cm³/mol. The van der Waals surface area contributed by atoms with Crippen LogP contribution in [0.15, 0.2) is 18.5 Å². The van der Waals surface area contributed by atoms with Gasteiger partial charge in [0.05, 0.1) is 12.7 Å². The van der Waals surface area contributed by atoms with Crippen LogP contribution in [0, 0.1) is 0 Å². The summed E-state index contributed by atoms with van der Waals surface area (Å²) in [7, 11) is 1.39. The Hall–Kier alpha value is -1.42. The van der Waals surface area contributed by atoms with Gasteiger partial charge in [0.1, 0.15) is 0 Å². The molecular formula is C10H12N2O2. The van der Waals surface area contributed by atoms with Gasteiger partial charge in [-0.05, 0) is 19.0 Å². The van der Waals surface area contributed by atoms with Gasteiger partial charge in [-0.2, -0.15) is 0 Å². The summed E-state index contributed by atoms with van der Waals surface area (Å²) >= 11 is 0. The molecule has 1 aliphatic heterocycles. The number of carbonyl (C=O) groups excluding carboxylic acids is 1. The van der Waals surface area contributed by atoms with E-state index < -0.39 is 0 Å². The summed E-state index contributed by atoms with van der Waals surface area (Å²) in [6.07, 6.45) is 4.38. The third kappa shape index (κ3) is 1.48. The van der Waals surface area contributed by atoms with Crippen LogP contribution >= 0.6 is 0 Å². The fourth-order valence-electron chi connectivity index (χ4n) is 1.53.